The summed E-state index contributed by atoms with van der Waals surface area (Å²) in [4.78, 5) is 9.13. The molecular weight excluding hydrogens is 304 g/mol. The molecule has 3 aromatic rings. The minimum absolute atomic E-state index is 0.834. The third-order valence-electron chi connectivity index (χ3n) is 4.31. The number of fused-ring (bicyclic) bond motifs is 2. The predicted octanol–water partition coefficient (Wildman–Crippen LogP) is 4.46. The first kappa shape index (κ1) is 14.3. The van der Waals surface area contributed by atoms with Gasteiger partial charge in [-0.3, -0.25) is 10.4 Å². The summed E-state index contributed by atoms with van der Waals surface area (Å²) in [7, 11) is 0. The van der Waals surface area contributed by atoms with Gasteiger partial charge >= 0.3 is 0 Å². The summed E-state index contributed by atoms with van der Waals surface area (Å²) < 4.78 is 1.19. The fourth-order valence-corrected chi connectivity index (χ4v) is 3.81. The van der Waals surface area contributed by atoms with Crippen molar-refractivity contribution in [2.75, 3.05) is 5.43 Å². The second kappa shape index (κ2) is 5.74. The normalized spacial score (nSPS) is 15.8. The number of aryl methyl sites for hydroxylation is 3. The Labute approximate surface area is 139 Å². The van der Waals surface area contributed by atoms with Crippen molar-refractivity contribution in [3.05, 3.63) is 52.8 Å². The van der Waals surface area contributed by atoms with Crippen molar-refractivity contribution >= 4 is 32.4 Å². The Morgan fingerprint density at radius 2 is 2.04 bits per heavy atom. The van der Waals surface area contributed by atoms with Gasteiger partial charge in [0.2, 0.25) is 5.13 Å². The van der Waals surface area contributed by atoms with Crippen LogP contribution in [0.25, 0.3) is 10.2 Å². The van der Waals surface area contributed by atoms with E-state index in [-0.39, 0.29) is 0 Å². The van der Waals surface area contributed by atoms with Crippen molar-refractivity contribution in [2.24, 2.45) is 5.10 Å². The average molecular weight is 322 g/mol. The van der Waals surface area contributed by atoms with Crippen molar-refractivity contribution in [3.8, 4) is 0 Å². The summed E-state index contributed by atoms with van der Waals surface area (Å²) in [5, 5.41) is 5.42. The van der Waals surface area contributed by atoms with Gasteiger partial charge in [-0.25, -0.2) is 4.98 Å². The van der Waals surface area contributed by atoms with Gasteiger partial charge in [0.25, 0.3) is 0 Å². The summed E-state index contributed by atoms with van der Waals surface area (Å²) in [6.07, 6.45) is 5.00. The van der Waals surface area contributed by atoms with E-state index < -0.39 is 0 Å². The van der Waals surface area contributed by atoms with Crippen LogP contribution in [0.3, 0.4) is 0 Å². The number of hydrogen-bond donors (Lipinski definition) is 1. The van der Waals surface area contributed by atoms with Crippen LogP contribution in [0.15, 0.2) is 35.6 Å². The Kier molecular flexibility index (Phi) is 3.58. The topological polar surface area (TPSA) is 50.2 Å². The number of hydrogen-bond acceptors (Lipinski definition) is 5. The summed E-state index contributed by atoms with van der Waals surface area (Å²) in [6.45, 7) is 4.25. The molecule has 0 unspecified atom stereocenters. The first-order chi connectivity index (χ1) is 11.2. The quantitative estimate of drug-likeness (QED) is 0.709. The highest BCUT2D eigenvalue weighted by molar-refractivity contribution is 7.22. The van der Waals surface area contributed by atoms with E-state index in [1.807, 2.05) is 12.3 Å². The van der Waals surface area contributed by atoms with Crippen molar-refractivity contribution in [3.63, 3.8) is 0 Å². The van der Waals surface area contributed by atoms with Crippen LogP contribution >= 0.6 is 11.3 Å². The molecule has 0 saturated carbocycles. The molecule has 5 heteroatoms. The minimum atomic E-state index is 0.834. The van der Waals surface area contributed by atoms with Crippen molar-refractivity contribution in [1.29, 1.82) is 0 Å². The largest absolute Gasteiger partial charge is 0.255 e. The number of pyridine rings is 1. The molecule has 4 nitrogen and oxygen atoms in total. The van der Waals surface area contributed by atoms with Gasteiger partial charge in [-0.05, 0) is 68.0 Å². The van der Waals surface area contributed by atoms with Crippen LogP contribution in [0.2, 0.25) is 0 Å². The fourth-order valence-electron chi connectivity index (χ4n) is 2.92. The highest BCUT2D eigenvalue weighted by Crippen LogP contribution is 2.28. The molecule has 1 aliphatic rings. The average Bonchev–Trinajstić information content (AvgIpc) is 2.95. The van der Waals surface area contributed by atoms with E-state index in [1.54, 1.807) is 11.3 Å². The van der Waals surface area contributed by atoms with Gasteiger partial charge in [0.15, 0.2) is 0 Å². The number of aromatic nitrogens is 2. The van der Waals surface area contributed by atoms with Gasteiger partial charge in [0, 0.05) is 6.20 Å². The van der Waals surface area contributed by atoms with Gasteiger partial charge in [-0.1, -0.05) is 17.4 Å². The van der Waals surface area contributed by atoms with E-state index in [4.69, 9.17) is 0 Å². The SMILES string of the molecule is Cc1cc2nc(N/N=C3\CCCc4cccnc43)sc2cc1C. The highest BCUT2D eigenvalue weighted by atomic mass is 32.1. The molecule has 0 fully saturated rings. The molecule has 0 saturated heterocycles. The molecule has 0 bridgehead atoms. The van der Waals surface area contributed by atoms with Gasteiger partial charge in [-0.2, -0.15) is 5.10 Å². The molecule has 23 heavy (non-hydrogen) atoms. The zero-order valence-corrected chi connectivity index (χ0v) is 14.1. The highest BCUT2D eigenvalue weighted by Gasteiger charge is 2.16. The molecule has 1 aliphatic carbocycles. The summed E-state index contributed by atoms with van der Waals surface area (Å²) in [5.74, 6) is 0. The Morgan fingerprint density at radius 3 is 2.96 bits per heavy atom. The summed E-state index contributed by atoms with van der Waals surface area (Å²) >= 11 is 1.64. The smallest absolute Gasteiger partial charge is 0.204 e. The third-order valence-corrected chi connectivity index (χ3v) is 5.24. The van der Waals surface area contributed by atoms with Gasteiger partial charge in [-0.15, -0.1) is 0 Å². The van der Waals surface area contributed by atoms with Crippen LogP contribution in [0.1, 0.15) is 35.2 Å². The number of nitrogens with zero attached hydrogens (tertiary/aromatic N) is 3. The number of hydrazone groups is 1. The lowest BCUT2D eigenvalue weighted by atomic mass is 9.95. The first-order valence-corrected chi connectivity index (χ1v) is 8.67. The van der Waals surface area contributed by atoms with Crippen molar-refractivity contribution in [2.45, 2.75) is 33.1 Å². The number of nitrogens with one attached hydrogen (secondary N) is 1. The number of benzene rings is 1. The van der Waals surface area contributed by atoms with Crippen LogP contribution in [-0.4, -0.2) is 15.7 Å². The molecule has 1 aromatic carbocycles. The Hall–Kier alpha value is -2.27. The van der Waals surface area contributed by atoms with Crippen LogP contribution < -0.4 is 5.43 Å². The maximum absolute atomic E-state index is 4.63. The molecule has 2 heterocycles. The molecule has 116 valence electrons. The van der Waals surface area contributed by atoms with E-state index in [1.165, 1.54) is 21.4 Å². The zero-order valence-electron chi connectivity index (χ0n) is 13.3. The van der Waals surface area contributed by atoms with Gasteiger partial charge in [0.1, 0.15) is 0 Å². The minimum Gasteiger partial charge on any atom is -0.255 e. The lowest BCUT2D eigenvalue weighted by Crippen LogP contribution is -2.15. The molecule has 0 atom stereocenters. The van der Waals surface area contributed by atoms with Crippen LogP contribution in [0.5, 0.6) is 0 Å². The summed E-state index contributed by atoms with van der Waals surface area (Å²) in [5.41, 5.74) is 10.1. The fraction of sp³-hybridized carbons (Fsp3) is 0.278. The van der Waals surface area contributed by atoms with E-state index in [0.717, 1.165) is 41.3 Å². The Bertz CT molecular complexity index is 872. The van der Waals surface area contributed by atoms with E-state index in [0.29, 0.717) is 0 Å². The van der Waals surface area contributed by atoms with Crippen molar-refractivity contribution < 1.29 is 0 Å². The molecule has 1 N–H and O–H groups in total. The molecular formula is C18H18N4S. The lowest BCUT2D eigenvalue weighted by Gasteiger charge is -2.15. The molecule has 0 aliphatic heterocycles. The standard InChI is InChI=1S/C18H18N4S/c1-11-9-15-16(10-12(11)2)23-18(20-15)22-21-14-7-3-5-13-6-4-8-19-17(13)14/h4,6,8-10H,3,5,7H2,1-2H3,(H,20,22)/b21-14+. The predicted molar refractivity (Wildman–Crippen MR) is 96.4 cm³/mol. The van der Waals surface area contributed by atoms with Gasteiger partial charge < -0.3 is 0 Å². The molecule has 0 spiro atoms. The van der Waals surface area contributed by atoms with Gasteiger partial charge in [0.05, 0.1) is 21.6 Å². The lowest BCUT2D eigenvalue weighted by molar-refractivity contribution is 0.824. The monoisotopic (exact) mass is 322 g/mol. The number of rotatable bonds is 2. The van der Waals surface area contributed by atoms with E-state index in [9.17, 15) is 0 Å². The maximum Gasteiger partial charge on any atom is 0.204 e. The number of thiazole rings is 1. The molecule has 0 radical (unpaired) electrons. The van der Waals surface area contributed by atoms with E-state index >= 15 is 0 Å². The van der Waals surface area contributed by atoms with Crippen LogP contribution in [0, 0.1) is 13.8 Å². The second-order valence-corrected chi connectivity index (χ2v) is 6.99. The van der Waals surface area contributed by atoms with Crippen LogP contribution in [-0.2, 0) is 6.42 Å². The number of anilines is 1. The summed E-state index contributed by atoms with van der Waals surface area (Å²) in [6, 6.07) is 8.46. The maximum atomic E-state index is 4.63. The third kappa shape index (κ3) is 2.72. The van der Waals surface area contributed by atoms with Crippen LogP contribution in [0.4, 0.5) is 5.13 Å². The molecule has 0 amide bonds. The van der Waals surface area contributed by atoms with E-state index in [2.05, 4.69) is 52.5 Å². The Balaban J connectivity index is 1.64. The Morgan fingerprint density at radius 1 is 1.17 bits per heavy atom. The molecule has 4 rings (SSSR count). The second-order valence-electron chi connectivity index (χ2n) is 5.96. The first-order valence-electron chi connectivity index (χ1n) is 7.85. The van der Waals surface area contributed by atoms with Crippen molar-refractivity contribution in [1.82, 2.24) is 9.97 Å². The molecule has 2 aromatic heterocycles. The zero-order chi connectivity index (χ0) is 15.8.